The van der Waals surface area contributed by atoms with Gasteiger partial charge in [0, 0.05) is 17.0 Å². The third-order valence-corrected chi connectivity index (χ3v) is 13.2. The molecule has 2 heterocycles. The minimum Gasteiger partial charge on any atom is -0.508 e. The third-order valence-electron chi connectivity index (χ3n) is 11.8. The van der Waals surface area contributed by atoms with Gasteiger partial charge in [0.05, 0.1) is 38.9 Å². The van der Waals surface area contributed by atoms with Gasteiger partial charge in [0.25, 0.3) is 11.8 Å². The number of aromatic hydroxyl groups is 1. The zero-order valence-corrected chi connectivity index (χ0v) is 33.1. The van der Waals surface area contributed by atoms with Crippen molar-refractivity contribution in [3.63, 3.8) is 0 Å². The fourth-order valence-corrected chi connectivity index (χ4v) is 9.95. The summed E-state index contributed by atoms with van der Waals surface area (Å²) in [5, 5.41) is 11.3. The molecule has 310 valence electrons. The highest BCUT2D eigenvalue weighted by atomic mass is 35.5. The van der Waals surface area contributed by atoms with Crippen molar-refractivity contribution in [1.82, 2.24) is 0 Å². The average molecular weight is 870 g/mol. The number of allylic oxidation sites excluding steroid dienone is 2. The summed E-state index contributed by atoms with van der Waals surface area (Å²) in [4.78, 5) is 52.9. The maximum atomic E-state index is 15.4. The first-order valence-corrected chi connectivity index (χ1v) is 19.0. The number of ether oxygens (including phenoxy) is 3. The summed E-state index contributed by atoms with van der Waals surface area (Å²) in [6, 6.07) is 15.7. The lowest BCUT2D eigenvalue weighted by Crippen LogP contribution is -2.60. The molecule has 60 heavy (non-hydrogen) atoms. The maximum Gasteiger partial charge on any atom is 0.258 e. The number of benzene rings is 4. The standard InChI is InChI=1S/C43H31Cl2F5N2O8/c1-58-22-13-16-27(59-2)20(17-22)10-7-19-8-11-21(12-9-19)51-38(54)24-15-14-23-25(29(24)39(51)55)18-42(44)40(56)52(37-35(49)33(47)32(46)34(48)36(37)50)41(57)43(42,45)31(23)30-26(53)5-4-6-28(30)60-3/h4-14,16-17,24-25,29,31,53H,15,18H2,1-3H3/t24-,25+,29-,31+,42+,43-/m0/s1. The number of imide groups is 2. The van der Waals surface area contributed by atoms with Crippen molar-refractivity contribution in [3.05, 3.63) is 118 Å². The van der Waals surface area contributed by atoms with E-state index in [1.165, 1.54) is 45.6 Å². The van der Waals surface area contributed by atoms with Crippen molar-refractivity contribution in [2.45, 2.75) is 28.5 Å². The number of hydrogen-bond acceptors (Lipinski definition) is 8. The summed E-state index contributed by atoms with van der Waals surface area (Å²) >= 11 is 14.4. The number of phenolic OH excluding ortho intramolecular Hbond substituents is 1. The molecule has 0 spiro atoms. The van der Waals surface area contributed by atoms with Crippen LogP contribution in [0.25, 0.3) is 12.2 Å². The van der Waals surface area contributed by atoms with E-state index in [1.807, 2.05) is 0 Å². The topological polar surface area (TPSA) is 123 Å². The second-order valence-electron chi connectivity index (χ2n) is 14.6. The van der Waals surface area contributed by atoms with Crippen LogP contribution in [0.15, 0.2) is 72.3 Å². The van der Waals surface area contributed by atoms with Gasteiger partial charge in [-0.25, -0.2) is 26.9 Å². The summed E-state index contributed by atoms with van der Waals surface area (Å²) in [5.74, 6) is -21.7. The van der Waals surface area contributed by atoms with E-state index in [9.17, 15) is 37.5 Å². The number of rotatable bonds is 8. The number of fused-ring (bicyclic) bond motifs is 4. The van der Waals surface area contributed by atoms with Crippen LogP contribution >= 0.6 is 23.2 Å². The van der Waals surface area contributed by atoms with E-state index in [-0.39, 0.29) is 33.9 Å². The van der Waals surface area contributed by atoms with E-state index in [2.05, 4.69) is 0 Å². The fourth-order valence-electron chi connectivity index (χ4n) is 9.03. The molecule has 4 aromatic rings. The van der Waals surface area contributed by atoms with E-state index >= 15 is 8.78 Å². The summed E-state index contributed by atoms with van der Waals surface area (Å²) in [6.45, 7) is 0. The minimum atomic E-state index is -2.84. The molecule has 2 aliphatic carbocycles. The van der Waals surface area contributed by atoms with Crippen molar-refractivity contribution in [1.29, 1.82) is 0 Å². The van der Waals surface area contributed by atoms with Crippen LogP contribution in [0.4, 0.5) is 33.3 Å². The zero-order chi connectivity index (χ0) is 43.2. The van der Waals surface area contributed by atoms with Crippen molar-refractivity contribution < 1.29 is 60.4 Å². The van der Waals surface area contributed by atoms with Crippen LogP contribution in [0.2, 0.25) is 0 Å². The van der Waals surface area contributed by atoms with E-state index in [4.69, 9.17) is 37.4 Å². The molecule has 10 nitrogen and oxygen atoms in total. The molecule has 0 radical (unpaired) electrons. The van der Waals surface area contributed by atoms with E-state index in [0.717, 1.165) is 10.5 Å². The minimum absolute atomic E-state index is 0.0907. The largest absolute Gasteiger partial charge is 0.508 e. The Morgan fingerprint density at radius 1 is 0.733 bits per heavy atom. The van der Waals surface area contributed by atoms with E-state index in [0.29, 0.717) is 17.1 Å². The Kier molecular flexibility index (Phi) is 9.98. The van der Waals surface area contributed by atoms with Gasteiger partial charge in [0.15, 0.2) is 33.0 Å². The maximum absolute atomic E-state index is 15.4. The lowest BCUT2D eigenvalue weighted by atomic mass is 9.56. The first-order valence-electron chi connectivity index (χ1n) is 18.3. The van der Waals surface area contributed by atoms with Crippen LogP contribution in [0.5, 0.6) is 23.0 Å². The van der Waals surface area contributed by atoms with Gasteiger partial charge in [0.2, 0.25) is 17.6 Å². The number of halogens is 7. The molecule has 6 atom stereocenters. The van der Waals surface area contributed by atoms with Gasteiger partial charge in [-0.1, -0.05) is 42.0 Å². The Morgan fingerprint density at radius 3 is 2.02 bits per heavy atom. The molecule has 3 fully saturated rings. The molecule has 2 aliphatic heterocycles. The predicted octanol–water partition coefficient (Wildman–Crippen LogP) is 8.05. The Bertz CT molecular complexity index is 2580. The number of methoxy groups -OCH3 is 3. The summed E-state index contributed by atoms with van der Waals surface area (Å²) in [7, 11) is 4.28. The monoisotopic (exact) mass is 868 g/mol. The summed E-state index contributed by atoms with van der Waals surface area (Å²) in [5.41, 5.74) is -0.350. The van der Waals surface area contributed by atoms with Crippen molar-refractivity contribution >= 4 is 70.4 Å². The Balaban J connectivity index is 1.21. The number of amides is 4. The molecular formula is C43H31Cl2F5N2O8. The van der Waals surface area contributed by atoms with Gasteiger partial charge in [-0.3, -0.25) is 24.1 Å². The van der Waals surface area contributed by atoms with Crippen LogP contribution in [-0.4, -0.2) is 59.8 Å². The van der Waals surface area contributed by atoms with Gasteiger partial charge >= 0.3 is 0 Å². The van der Waals surface area contributed by atoms with Crippen molar-refractivity contribution in [2.24, 2.45) is 17.8 Å². The molecule has 2 saturated heterocycles. The second kappa shape index (κ2) is 14.7. The smallest absolute Gasteiger partial charge is 0.258 e. The number of carbonyl (C=O) groups excluding carboxylic acids is 4. The molecule has 4 aromatic carbocycles. The number of alkyl halides is 2. The summed E-state index contributed by atoms with van der Waals surface area (Å²) < 4.78 is 90.3. The molecule has 4 amide bonds. The number of phenols is 1. The van der Waals surface area contributed by atoms with Gasteiger partial charge in [-0.05, 0) is 66.8 Å². The van der Waals surface area contributed by atoms with E-state index in [1.54, 1.807) is 54.6 Å². The quantitative estimate of drug-likeness (QED) is 0.0359. The third kappa shape index (κ3) is 5.65. The van der Waals surface area contributed by atoms with Crippen LogP contribution in [-0.2, 0) is 19.2 Å². The molecule has 8 rings (SSSR count). The second-order valence-corrected chi connectivity index (χ2v) is 15.9. The van der Waals surface area contributed by atoms with Crippen LogP contribution in [0.3, 0.4) is 0 Å². The lowest BCUT2D eigenvalue weighted by Gasteiger charge is -2.50. The normalized spacial score (nSPS) is 26.0. The van der Waals surface area contributed by atoms with Gasteiger partial charge < -0.3 is 19.3 Å². The number of nitrogens with zero attached hydrogens (tertiary/aromatic N) is 2. The molecule has 17 heteroatoms. The molecule has 0 aromatic heterocycles. The summed E-state index contributed by atoms with van der Waals surface area (Å²) in [6.07, 6.45) is 4.30. The molecule has 0 bridgehead atoms. The molecule has 4 aliphatic rings. The number of carbonyl (C=O) groups is 4. The predicted molar refractivity (Wildman–Crippen MR) is 208 cm³/mol. The highest BCUT2D eigenvalue weighted by molar-refractivity contribution is 6.58. The highest BCUT2D eigenvalue weighted by Gasteiger charge is 2.77. The first-order chi connectivity index (χ1) is 28.5. The van der Waals surface area contributed by atoms with Crippen LogP contribution in [0.1, 0.15) is 35.4 Å². The van der Waals surface area contributed by atoms with E-state index < -0.39 is 104 Å². The number of hydrogen-bond donors (Lipinski definition) is 1. The Labute approximate surface area is 348 Å². The molecule has 1 N–H and O–H groups in total. The molecule has 0 unspecified atom stereocenters. The van der Waals surface area contributed by atoms with Crippen molar-refractivity contribution in [2.75, 3.05) is 31.1 Å². The Hall–Kier alpha value is -5.93. The Morgan fingerprint density at radius 2 is 1.38 bits per heavy atom. The molecular weight excluding hydrogens is 838 g/mol. The van der Waals surface area contributed by atoms with Gasteiger partial charge in [-0.2, -0.15) is 0 Å². The fraction of sp³-hybridized carbons (Fsp3) is 0.256. The SMILES string of the molecule is COc1ccc(OC)c(C=Cc2ccc(N3C(=O)[C@H]4[C@H](CC=C5[C@H]4C[C@@]4(Cl)C(=O)N(c6c(F)c(F)c(F)c(F)c6F)C(=O)[C@@]4(Cl)[C@H]5c4c(O)cccc4OC)C3=O)cc2)c1. The number of anilines is 2. The van der Waals surface area contributed by atoms with Crippen LogP contribution in [0, 0.1) is 46.8 Å². The molecule has 1 saturated carbocycles. The van der Waals surface area contributed by atoms with Gasteiger partial charge in [0.1, 0.15) is 28.7 Å². The zero-order valence-electron chi connectivity index (χ0n) is 31.6. The van der Waals surface area contributed by atoms with Crippen LogP contribution < -0.4 is 24.0 Å². The first kappa shape index (κ1) is 40.8. The van der Waals surface area contributed by atoms with Crippen molar-refractivity contribution in [3.8, 4) is 23.0 Å². The highest BCUT2D eigenvalue weighted by Crippen LogP contribution is 2.67. The average Bonchev–Trinajstić information content (AvgIpc) is 3.59. The lowest BCUT2D eigenvalue weighted by molar-refractivity contribution is -0.125. The van der Waals surface area contributed by atoms with Gasteiger partial charge in [-0.15, -0.1) is 23.2 Å².